The first kappa shape index (κ1) is 13.3. The number of benzene rings is 2. The first-order chi connectivity index (χ1) is 9.06. The molecule has 0 aromatic heterocycles. The summed E-state index contributed by atoms with van der Waals surface area (Å²) in [5, 5.41) is 8.21. The van der Waals surface area contributed by atoms with Gasteiger partial charge in [0.2, 0.25) is 0 Å². The maximum Gasteiger partial charge on any atom is 0.307 e. The zero-order chi connectivity index (χ0) is 13.8. The molecule has 0 saturated carbocycles. The van der Waals surface area contributed by atoms with Crippen molar-refractivity contribution in [2.75, 3.05) is 0 Å². The van der Waals surface area contributed by atoms with E-state index in [1.165, 1.54) is 0 Å². The van der Waals surface area contributed by atoms with Crippen molar-refractivity contribution in [3.8, 4) is 11.1 Å². The molecule has 0 fully saturated rings. The Labute approximate surface area is 115 Å². The van der Waals surface area contributed by atoms with E-state index in [2.05, 4.69) is 0 Å². The molecule has 0 aliphatic rings. The molecule has 96 valence electrons. The Morgan fingerprint density at radius 2 is 1.37 bits per heavy atom. The fraction of sp³-hybridized carbons (Fsp3) is 0.0667. The van der Waals surface area contributed by atoms with Crippen LogP contribution in [0.1, 0.15) is 15.9 Å². The van der Waals surface area contributed by atoms with Gasteiger partial charge >= 0.3 is 5.97 Å². The SMILES string of the molecule is O=C(O)Cc1ccc(-c2ccc(C(=O)Cl)cc2)cc1. The van der Waals surface area contributed by atoms with Gasteiger partial charge in [-0.2, -0.15) is 0 Å². The van der Waals surface area contributed by atoms with E-state index in [1.54, 1.807) is 24.3 Å². The van der Waals surface area contributed by atoms with Gasteiger partial charge in [-0.3, -0.25) is 9.59 Å². The summed E-state index contributed by atoms with van der Waals surface area (Å²) in [6.45, 7) is 0. The molecule has 0 aliphatic carbocycles. The van der Waals surface area contributed by atoms with Gasteiger partial charge in [0.05, 0.1) is 6.42 Å². The summed E-state index contributed by atoms with van der Waals surface area (Å²) in [6.07, 6.45) is 0.0139. The molecule has 0 spiro atoms. The second-order valence-electron chi connectivity index (χ2n) is 4.12. The Hall–Kier alpha value is -2.13. The van der Waals surface area contributed by atoms with Gasteiger partial charge in [0, 0.05) is 5.56 Å². The van der Waals surface area contributed by atoms with Crippen LogP contribution >= 0.6 is 11.6 Å². The molecule has 0 heterocycles. The maximum atomic E-state index is 11.0. The standard InChI is InChI=1S/C15H11ClO3/c16-15(19)13-7-5-12(6-8-13)11-3-1-10(2-4-11)9-14(17)18/h1-8H,9H2,(H,17,18). The molecule has 2 aromatic carbocycles. The summed E-state index contributed by atoms with van der Waals surface area (Å²) in [5.41, 5.74) is 3.11. The fourth-order valence-corrected chi connectivity index (χ4v) is 1.91. The predicted molar refractivity (Wildman–Crippen MR) is 73.4 cm³/mol. The van der Waals surface area contributed by atoms with Gasteiger partial charge in [0.25, 0.3) is 5.24 Å². The molecule has 2 rings (SSSR count). The van der Waals surface area contributed by atoms with Crippen LogP contribution in [0.4, 0.5) is 0 Å². The van der Waals surface area contributed by atoms with Crippen molar-refractivity contribution >= 4 is 22.8 Å². The largest absolute Gasteiger partial charge is 0.481 e. The Balaban J connectivity index is 2.22. The number of carboxylic acid groups (broad SMARTS) is 1. The number of hydrogen-bond acceptors (Lipinski definition) is 2. The maximum absolute atomic E-state index is 11.0. The van der Waals surface area contributed by atoms with Crippen molar-refractivity contribution < 1.29 is 14.7 Å². The molecular formula is C15H11ClO3. The lowest BCUT2D eigenvalue weighted by Crippen LogP contribution is -1.99. The van der Waals surface area contributed by atoms with Crippen LogP contribution in [0.2, 0.25) is 0 Å². The van der Waals surface area contributed by atoms with Crippen LogP contribution in [-0.2, 0) is 11.2 Å². The number of rotatable bonds is 4. The van der Waals surface area contributed by atoms with Gasteiger partial charge in [0.15, 0.2) is 0 Å². The number of aliphatic carboxylic acids is 1. The highest BCUT2D eigenvalue weighted by Crippen LogP contribution is 2.21. The number of carboxylic acids is 1. The van der Waals surface area contributed by atoms with Crippen LogP contribution < -0.4 is 0 Å². The normalized spacial score (nSPS) is 10.2. The van der Waals surface area contributed by atoms with Crippen molar-refractivity contribution in [2.45, 2.75) is 6.42 Å². The number of halogens is 1. The Bertz CT molecular complexity index is 600. The first-order valence-electron chi connectivity index (χ1n) is 5.67. The smallest absolute Gasteiger partial charge is 0.307 e. The zero-order valence-corrected chi connectivity index (χ0v) is 10.7. The first-order valence-corrected chi connectivity index (χ1v) is 6.05. The quantitative estimate of drug-likeness (QED) is 0.870. The van der Waals surface area contributed by atoms with E-state index in [-0.39, 0.29) is 6.42 Å². The molecule has 0 saturated heterocycles. The van der Waals surface area contributed by atoms with Crippen molar-refractivity contribution in [1.29, 1.82) is 0 Å². The number of hydrogen-bond donors (Lipinski definition) is 1. The minimum absolute atomic E-state index is 0.0139. The summed E-state index contributed by atoms with van der Waals surface area (Å²) < 4.78 is 0. The topological polar surface area (TPSA) is 54.4 Å². The van der Waals surface area contributed by atoms with E-state index in [9.17, 15) is 9.59 Å². The minimum Gasteiger partial charge on any atom is -0.481 e. The van der Waals surface area contributed by atoms with E-state index in [0.717, 1.165) is 16.7 Å². The summed E-state index contributed by atoms with van der Waals surface area (Å²) >= 11 is 5.38. The molecule has 0 amide bonds. The molecule has 3 nitrogen and oxygen atoms in total. The summed E-state index contributed by atoms with van der Waals surface area (Å²) in [5.74, 6) is -0.849. The monoisotopic (exact) mass is 274 g/mol. The number of carbonyl (C=O) groups is 2. The van der Waals surface area contributed by atoms with Crippen LogP contribution in [-0.4, -0.2) is 16.3 Å². The highest BCUT2D eigenvalue weighted by Gasteiger charge is 2.04. The molecule has 0 radical (unpaired) electrons. The van der Waals surface area contributed by atoms with Crippen LogP contribution in [0.3, 0.4) is 0 Å². The predicted octanol–water partition coefficient (Wildman–Crippen LogP) is 3.36. The Morgan fingerprint density at radius 1 is 0.895 bits per heavy atom. The molecular weight excluding hydrogens is 264 g/mol. The van der Waals surface area contributed by atoms with Gasteiger partial charge in [-0.15, -0.1) is 0 Å². The lowest BCUT2D eigenvalue weighted by Gasteiger charge is -2.04. The number of carbonyl (C=O) groups excluding carboxylic acids is 1. The Morgan fingerprint density at radius 3 is 1.79 bits per heavy atom. The summed E-state index contributed by atoms with van der Waals surface area (Å²) in [6, 6.07) is 14.2. The van der Waals surface area contributed by atoms with Crippen molar-refractivity contribution in [3.05, 3.63) is 59.7 Å². The second kappa shape index (κ2) is 5.67. The fourth-order valence-electron chi connectivity index (χ4n) is 1.78. The third-order valence-corrected chi connectivity index (χ3v) is 2.97. The van der Waals surface area contributed by atoms with Crippen LogP contribution in [0, 0.1) is 0 Å². The highest BCUT2D eigenvalue weighted by atomic mass is 35.5. The minimum atomic E-state index is -0.849. The van der Waals surface area contributed by atoms with Crippen LogP contribution in [0.5, 0.6) is 0 Å². The lowest BCUT2D eigenvalue weighted by atomic mass is 10.0. The van der Waals surface area contributed by atoms with Crippen molar-refractivity contribution in [1.82, 2.24) is 0 Å². The van der Waals surface area contributed by atoms with Gasteiger partial charge in [-0.25, -0.2) is 0 Å². The van der Waals surface area contributed by atoms with E-state index in [0.29, 0.717) is 5.56 Å². The molecule has 19 heavy (non-hydrogen) atoms. The van der Waals surface area contributed by atoms with Crippen molar-refractivity contribution in [3.63, 3.8) is 0 Å². The molecule has 4 heteroatoms. The van der Waals surface area contributed by atoms with Gasteiger partial charge < -0.3 is 5.11 Å². The Kier molecular flexibility index (Phi) is 3.97. The summed E-state index contributed by atoms with van der Waals surface area (Å²) in [7, 11) is 0. The molecule has 0 atom stereocenters. The molecule has 0 unspecified atom stereocenters. The zero-order valence-electron chi connectivity index (χ0n) is 9.97. The van der Waals surface area contributed by atoms with Gasteiger partial charge in [-0.1, -0.05) is 36.4 Å². The molecule has 2 aromatic rings. The van der Waals surface area contributed by atoms with E-state index < -0.39 is 11.2 Å². The summed E-state index contributed by atoms with van der Waals surface area (Å²) in [4.78, 5) is 21.5. The molecule has 0 bridgehead atoms. The average molecular weight is 275 g/mol. The van der Waals surface area contributed by atoms with E-state index in [4.69, 9.17) is 16.7 Å². The third kappa shape index (κ3) is 3.42. The lowest BCUT2D eigenvalue weighted by molar-refractivity contribution is -0.136. The van der Waals surface area contributed by atoms with Crippen LogP contribution in [0.15, 0.2) is 48.5 Å². The van der Waals surface area contributed by atoms with Crippen LogP contribution in [0.25, 0.3) is 11.1 Å². The average Bonchev–Trinajstić information content (AvgIpc) is 2.39. The molecule has 0 aliphatic heterocycles. The van der Waals surface area contributed by atoms with Crippen molar-refractivity contribution in [2.24, 2.45) is 0 Å². The second-order valence-corrected chi connectivity index (χ2v) is 4.46. The van der Waals surface area contributed by atoms with Gasteiger partial charge in [0.1, 0.15) is 0 Å². The van der Waals surface area contributed by atoms with E-state index >= 15 is 0 Å². The highest BCUT2D eigenvalue weighted by molar-refractivity contribution is 6.67. The third-order valence-electron chi connectivity index (χ3n) is 2.75. The molecule has 1 N–H and O–H groups in total. The van der Waals surface area contributed by atoms with E-state index in [1.807, 2.05) is 24.3 Å². The van der Waals surface area contributed by atoms with Gasteiger partial charge in [-0.05, 0) is 40.4 Å².